The third-order valence-electron chi connectivity index (χ3n) is 3.10. The van der Waals surface area contributed by atoms with Crippen molar-refractivity contribution in [1.82, 2.24) is 5.32 Å². The lowest BCUT2D eigenvalue weighted by Gasteiger charge is -2.12. The Balaban J connectivity index is 1.99. The van der Waals surface area contributed by atoms with Crippen molar-refractivity contribution in [3.8, 4) is 5.75 Å². The van der Waals surface area contributed by atoms with E-state index in [0.717, 1.165) is 17.0 Å². The van der Waals surface area contributed by atoms with Gasteiger partial charge < -0.3 is 10.1 Å². The molecule has 0 fully saturated rings. The Hall–Kier alpha value is -2.11. The SMILES string of the molecule is CCOc1ccc(C(=O)NC(=S)Nc2cc(Cl)ccc2C)cc1. The topological polar surface area (TPSA) is 50.4 Å². The lowest BCUT2D eigenvalue weighted by Crippen LogP contribution is -2.34. The summed E-state index contributed by atoms with van der Waals surface area (Å²) in [6.07, 6.45) is 0. The smallest absolute Gasteiger partial charge is 0.257 e. The quantitative estimate of drug-likeness (QED) is 0.814. The van der Waals surface area contributed by atoms with Gasteiger partial charge in [0.2, 0.25) is 0 Å². The van der Waals surface area contributed by atoms with Crippen LogP contribution < -0.4 is 15.4 Å². The first-order valence-corrected chi connectivity index (χ1v) is 7.89. The number of halogens is 1. The minimum Gasteiger partial charge on any atom is -0.494 e. The number of nitrogens with one attached hydrogen (secondary N) is 2. The highest BCUT2D eigenvalue weighted by molar-refractivity contribution is 7.80. The number of benzene rings is 2. The van der Waals surface area contributed by atoms with Gasteiger partial charge in [0, 0.05) is 16.3 Å². The van der Waals surface area contributed by atoms with Gasteiger partial charge in [-0.3, -0.25) is 10.1 Å². The van der Waals surface area contributed by atoms with E-state index in [1.165, 1.54) is 0 Å². The standard InChI is InChI=1S/C17H17ClN2O2S/c1-3-22-14-8-5-12(6-9-14)16(21)20-17(23)19-15-10-13(18)7-4-11(15)2/h4-10H,3H2,1-2H3,(H2,19,20,21,23). The van der Waals surface area contributed by atoms with Crippen LogP contribution >= 0.6 is 23.8 Å². The lowest BCUT2D eigenvalue weighted by atomic mass is 10.2. The molecule has 2 N–H and O–H groups in total. The summed E-state index contributed by atoms with van der Waals surface area (Å²) in [7, 11) is 0. The summed E-state index contributed by atoms with van der Waals surface area (Å²) in [6, 6.07) is 12.3. The zero-order chi connectivity index (χ0) is 16.8. The molecule has 0 aliphatic rings. The van der Waals surface area contributed by atoms with E-state index in [4.69, 9.17) is 28.6 Å². The van der Waals surface area contributed by atoms with Crippen LogP contribution in [0, 0.1) is 6.92 Å². The number of hydrogen-bond donors (Lipinski definition) is 2. The summed E-state index contributed by atoms with van der Waals surface area (Å²) in [5.74, 6) is 0.435. The molecule has 0 saturated carbocycles. The molecule has 6 heteroatoms. The molecule has 23 heavy (non-hydrogen) atoms. The molecule has 0 aliphatic carbocycles. The Bertz CT molecular complexity index is 717. The van der Waals surface area contributed by atoms with Crippen molar-refractivity contribution in [3.63, 3.8) is 0 Å². The average molecular weight is 349 g/mol. The number of carbonyl (C=O) groups excluding carboxylic acids is 1. The van der Waals surface area contributed by atoms with Crippen LogP contribution in [0.1, 0.15) is 22.8 Å². The van der Waals surface area contributed by atoms with Crippen LogP contribution in [0.5, 0.6) is 5.75 Å². The molecule has 120 valence electrons. The predicted octanol–water partition coefficient (Wildman–Crippen LogP) is 4.17. The maximum Gasteiger partial charge on any atom is 0.257 e. The molecule has 2 aromatic carbocycles. The van der Waals surface area contributed by atoms with Gasteiger partial charge >= 0.3 is 0 Å². The fourth-order valence-corrected chi connectivity index (χ4v) is 2.30. The van der Waals surface area contributed by atoms with Crippen LogP contribution in [-0.2, 0) is 0 Å². The van der Waals surface area contributed by atoms with Gasteiger partial charge in [-0.1, -0.05) is 17.7 Å². The Morgan fingerprint density at radius 1 is 1.22 bits per heavy atom. The van der Waals surface area contributed by atoms with E-state index >= 15 is 0 Å². The number of ether oxygens (including phenoxy) is 1. The molecule has 0 saturated heterocycles. The number of amides is 1. The molecule has 0 aromatic heterocycles. The third-order valence-corrected chi connectivity index (χ3v) is 3.54. The van der Waals surface area contributed by atoms with Gasteiger partial charge in [0.25, 0.3) is 5.91 Å². The molecule has 4 nitrogen and oxygen atoms in total. The van der Waals surface area contributed by atoms with Crippen molar-refractivity contribution in [2.45, 2.75) is 13.8 Å². The van der Waals surface area contributed by atoms with Gasteiger partial charge in [0.15, 0.2) is 5.11 Å². The highest BCUT2D eigenvalue weighted by Gasteiger charge is 2.09. The fraction of sp³-hybridized carbons (Fsp3) is 0.176. The van der Waals surface area contributed by atoms with Crippen molar-refractivity contribution >= 4 is 40.5 Å². The van der Waals surface area contributed by atoms with Crippen molar-refractivity contribution in [1.29, 1.82) is 0 Å². The van der Waals surface area contributed by atoms with Gasteiger partial charge in [0.1, 0.15) is 5.75 Å². The largest absolute Gasteiger partial charge is 0.494 e. The monoisotopic (exact) mass is 348 g/mol. The number of thiocarbonyl (C=S) groups is 1. The van der Waals surface area contributed by atoms with Crippen LogP contribution in [0.2, 0.25) is 5.02 Å². The van der Waals surface area contributed by atoms with Crippen LogP contribution in [0.25, 0.3) is 0 Å². The molecule has 2 rings (SSSR count). The first-order valence-electron chi connectivity index (χ1n) is 7.11. The highest BCUT2D eigenvalue weighted by Crippen LogP contribution is 2.20. The second-order valence-electron chi connectivity index (χ2n) is 4.82. The van der Waals surface area contributed by atoms with Crippen LogP contribution in [0.15, 0.2) is 42.5 Å². The molecular weight excluding hydrogens is 332 g/mol. The molecule has 0 atom stereocenters. The Kier molecular flexibility index (Phi) is 5.96. The summed E-state index contributed by atoms with van der Waals surface area (Å²) in [5.41, 5.74) is 2.24. The summed E-state index contributed by atoms with van der Waals surface area (Å²) >= 11 is 11.1. The van der Waals surface area contributed by atoms with E-state index < -0.39 is 0 Å². The minimum absolute atomic E-state index is 0.217. The first-order chi connectivity index (χ1) is 11.0. The van der Waals surface area contributed by atoms with Crippen LogP contribution in [0.4, 0.5) is 5.69 Å². The molecule has 0 unspecified atom stereocenters. The summed E-state index contributed by atoms with van der Waals surface area (Å²) in [5, 5.41) is 6.43. The van der Waals surface area contributed by atoms with Crippen molar-refractivity contribution < 1.29 is 9.53 Å². The van der Waals surface area contributed by atoms with E-state index in [0.29, 0.717) is 17.2 Å². The maximum atomic E-state index is 12.2. The number of anilines is 1. The lowest BCUT2D eigenvalue weighted by molar-refractivity contribution is 0.0977. The molecule has 0 radical (unpaired) electrons. The molecule has 0 heterocycles. The molecule has 0 bridgehead atoms. The first kappa shape index (κ1) is 17.2. The molecular formula is C17H17ClN2O2S. The van der Waals surface area contributed by atoms with Crippen molar-refractivity contribution in [3.05, 3.63) is 58.6 Å². The number of hydrogen-bond acceptors (Lipinski definition) is 3. The minimum atomic E-state index is -0.287. The molecule has 2 aromatic rings. The average Bonchev–Trinajstić information content (AvgIpc) is 2.52. The van der Waals surface area contributed by atoms with E-state index in [2.05, 4.69) is 10.6 Å². The Morgan fingerprint density at radius 2 is 1.91 bits per heavy atom. The van der Waals surface area contributed by atoms with Gasteiger partial charge in [-0.15, -0.1) is 0 Å². The van der Waals surface area contributed by atoms with Crippen LogP contribution in [-0.4, -0.2) is 17.6 Å². The van der Waals surface area contributed by atoms with Gasteiger partial charge in [-0.05, 0) is 68.0 Å². The molecule has 1 amide bonds. The van der Waals surface area contributed by atoms with Gasteiger partial charge in [-0.2, -0.15) is 0 Å². The summed E-state index contributed by atoms with van der Waals surface area (Å²) < 4.78 is 5.34. The maximum absolute atomic E-state index is 12.2. The van der Waals surface area contributed by atoms with E-state index in [9.17, 15) is 4.79 Å². The second-order valence-corrected chi connectivity index (χ2v) is 5.67. The number of aryl methyl sites for hydroxylation is 1. The Labute approximate surface area is 145 Å². The molecule has 0 spiro atoms. The van der Waals surface area contributed by atoms with E-state index in [-0.39, 0.29) is 11.0 Å². The van der Waals surface area contributed by atoms with Crippen molar-refractivity contribution in [2.75, 3.05) is 11.9 Å². The normalized spacial score (nSPS) is 10.0. The zero-order valence-electron chi connectivity index (χ0n) is 12.9. The van der Waals surface area contributed by atoms with Crippen molar-refractivity contribution in [2.24, 2.45) is 0 Å². The zero-order valence-corrected chi connectivity index (χ0v) is 14.4. The third kappa shape index (κ3) is 4.94. The summed E-state index contributed by atoms with van der Waals surface area (Å²) in [4.78, 5) is 12.2. The van der Waals surface area contributed by atoms with E-state index in [1.54, 1.807) is 36.4 Å². The van der Waals surface area contributed by atoms with Gasteiger partial charge in [0.05, 0.1) is 6.61 Å². The number of carbonyl (C=O) groups is 1. The number of rotatable bonds is 4. The Morgan fingerprint density at radius 3 is 2.57 bits per heavy atom. The van der Waals surface area contributed by atoms with E-state index in [1.807, 2.05) is 19.9 Å². The van der Waals surface area contributed by atoms with Crippen LogP contribution in [0.3, 0.4) is 0 Å². The fourth-order valence-electron chi connectivity index (χ4n) is 1.93. The second kappa shape index (κ2) is 7.94. The molecule has 0 aliphatic heterocycles. The predicted molar refractivity (Wildman–Crippen MR) is 97.5 cm³/mol. The van der Waals surface area contributed by atoms with Gasteiger partial charge in [-0.25, -0.2) is 0 Å². The highest BCUT2D eigenvalue weighted by atomic mass is 35.5. The summed E-state index contributed by atoms with van der Waals surface area (Å²) in [6.45, 7) is 4.41.